The van der Waals surface area contributed by atoms with E-state index in [1.54, 1.807) is 19.1 Å². The molecule has 1 rings (SSSR count). The number of nitrogens with one attached hydrogen (secondary N) is 1. The Balaban J connectivity index is 2.48. The summed E-state index contributed by atoms with van der Waals surface area (Å²) in [4.78, 5) is 4.29. The Bertz CT molecular complexity index is 389. The Morgan fingerprint density at radius 1 is 1.39 bits per heavy atom. The lowest BCUT2D eigenvalue weighted by molar-refractivity contribution is 0.128. The summed E-state index contributed by atoms with van der Waals surface area (Å²) in [7, 11) is 0. The molecule has 0 radical (unpaired) electrons. The molecule has 0 aliphatic heterocycles. The Labute approximate surface area is 109 Å². The van der Waals surface area contributed by atoms with Gasteiger partial charge in [0.1, 0.15) is 5.75 Å². The van der Waals surface area contributed by atoms with E-state index in [1.165, 1.54) is 0 Å². The molecular weight excluding hydrogens is 228 g/mol. The monoisotopic (exact) mass is 252 g/mol. The first-order valence-corrected chi connectivity index (χ1v) is 6.34. The first kappa shape index (κ1) is 14.9. The number of nitrogens with zero attached hydrogens (tertiary/aromatic N) is 1. The molecular formula is C14H24N2O2. The van der Waals surface area contributed by atoms with Crippen LogP contribution in [0.5, 0.6) is 5.75 Å². The lowest BCUT2D eigenvalue weighted by Crippen LogP contribution is -2.31. The maximum absolute atomic E-state index is 9.67. The second kappa shape index (κ2) is 6.16. The zero-order valence-corrected chi connectivity index (χ0v) is 11.7. The standard InChI is InChI=1S/C14H24N2O2/c1-10-5-6-13(18)12(16-10)8-15-9-14(3,4)7-11(2)17/h5-6,11,15,17-18H,7-9H2,1-4H3. The van der Waals surface area contributed by atoms with Crippen LogP contribution in [-0.4, -0.2) is 27.8 Å². The highest BCUT2D eigenvalue weighted by Crippen LogP contribution is 2.21. The highest BCUT2D eigenvalue weighted by Gasteiger charge is 2.19. The third-order valence-electron chi connectivity index (χ3n) is 2.83. The summed E-state index contributed by atoms with van der Waals surface area (Å²) in [6.07, 6.45) is 0.444. The topological polar surface area (TPSA) is 65.4 Å². The summed E-state index contributed by atoms with van der Waals surface area (Å²) < 4.78 is 0. The van der Waals surface area contributed by atoms with Crippen molar-refractivity contribution in [2.45, 2.75) is 46.8 Å². The van der Waals surface area contributed by atoms with Crippen molar-refractivity contribution in [2.75, 3.05) is 6.54 Å². The second-order valence-corrected chi connectivity index (χ2v) is 5.74. The van der Waals surface area contributed by atoms with Gasteiger partial charge in [0.2, 0.25) is 0 Å². The summed E-state index contributed by atoms with van der Waals surface area (Å²) >= 11 is 0. The minimum Gasteiger partial charge on any atom is -0.506 e. The van der Waals surface area contributed by atoms with Crippen molar-refractivity contribution in [1.29, 1.82) is 0 Å². The minimum atomic E-state index is -0.299. The molecule has 102 valence electrons. The summed E-state index contributed by atoms with van der Waals surface area (Å²) in [5, 5.41) is 22.4. The lowest BCUT2D eigenvalue weighted by atomic mass is 9.87. The van der Waals surface area contributed by atoms with Gasteiger partial charge in [0.25, 0.3) is 0 Å². The molecule has 1 unspecified atom stereocenters. The van der Waals surface area contributed by atoms with E-state index < -0.39 is 0 Å². The van der Waals surface area contributed by atoms with Crippen LogP contribution in [0, 0.1) is 12.3 Å². The van der Waals surface area contributed by atoms with Crippen LogP contribution in [0.2, 0.25) is 0 Å². The van der Waals surface area contributed by atoms with Crippen molar-refractivity contribution in [3.05, 3.63) is 23.5 Å². The third kappa shape index (κ3) is 5.02. The van der Waals surface area contributed by atoms with Crippen LogP contribution in [-0.2, 0) is 6.54 Å². The van der Waals surface area contributed by atoms with E-state index in [9.17, 15) is 10.2 Å². The average Bonchev–Trinajstić information content (AvgIpc) is 2.21. The quantitative estimate of drug-likeness (QED) is 0.724. The van der Waals surface area contributed by atoms with Crippen LogP contribution in [0.25, 0.3) is 0 Å². The Kier molecular flexibility index (Phi) is 5.11. The second-order valence-electron chi connectivity index (χ2n) is 5.74. The molecule has 1 aromatic rings. The van der Waals surface area contributed by atoms with Crippen molar-refractivity contribution in [3.8, 4) is 5.75 Å². The smallest absolute Gasteiger partial charge is 0.138 e. The molecule has 0 amide bonds. The fourth-order valence-electron chi connectivity index (χ4n) is 2.12. The molecule has 3 N–H and O–H groups in total. The number of aromatic nitrogens is 1. The number of aromatic hydroxyl groups is 1. The number of aliphatic hydroxyl groups excluding tert-OH is 1. The van der Waals surface area contributed by atoms with Crippen molar-refractivity contribution in [2.24, 2.45) is 5.41 Å². The van der Waals surface area contributed by atoms with E-state index in [0.717, 1.165) is 18.7 Å². The number of hydrogen-bond acceptors (Lipinski definition) is 4. The molecule has 1 aromatic heterocycles. The van der Waals surface area contributed by atoms with E-state index in [1.807, 2.05) is 6.92 Å². The lowest BCUT2D eigenvalue weighted by Gasteiger charge is -2.26. The summed E-state index contributed by atoms with van der Waals surface area (Å²) in [5.74, 6) is 0.224. The predicted octanol–water partition coefficient (Wildman–Crippen LogP) is 1.98. The van der Waals surface area contributed by atoms with Crippen LogP contribution < -0.4 is 5.32 Å². The highest BCUT2D eigenvalue weighted by atomic mass is 16.3. The van der Waals surface area contributed by atoms with Crippen LogP contribution in [0.1, 0.15) is 38.6 Å². The molecule has 18 heavy (non-hydrogen) atoms. The van der Waals surface area contributed by atoms with Crippen LogP contribution >= 0.6 is 0 Å². The fourth-order valence-corrected chi connectivity index (χ4v) is 2.12. The van der Waals surface area contributed by atoms with Crippen molar-refractivity contribution in [1.82, 2.24) is 10.3 Å². The molecule has 0 saturated heterocycles. The SMILES string of the molecule is Cc1ccc(O)c(CNCC(C)(C)CC(C)O)n1. The van der Waals surface area contributed by atoms with Gasteiger partial charge in [-0.1, -0.05) is 13.8 Å². The van der Waals surface area contributed by atoms with Gasteiger partial charge in [0.05, 0.1) is 11.8 Å². The zero-order chi connectivity index (χ0) is 13.8. The third-order valence-corrected chi connectivity index (χ3v) is 2.83. The number of rotatable bonds is 6. The largest absolute Gasteiger partial charge is 0.506 e. The molecule has 0 aromatic carbocycles. The Morgan fingerprint density at radius 3 is 2.67 bits per heavy atom. The average molecular weight is 252 g/mol. The molecule has 1 heterocycles. The molecule has 0 saturated carbocycles. The predicted molar refractivity (Wildman–Crippen MR) is 72.4 cm³/mol. The summed E-state index contributed by atoms with van der Waals surface area (Å²) in [6.45, 7) is 9.23. The normalized spacial score (nSPS) is 13.6. The van der Waals surface area contributed by atoms with Gasteiger partial charge in [-0.2, -0.15) is 0 Å². The van der Waals surface area contributed by atoms with Gasteiger partial charge >= 0.3 is 0 Å². The summed E-state index contributed by atoms with van der Waals surface area (Å²) in [6, 6.07) is 3.45. The zero-order valence-electron chi connectivity index (χ0n) is 11.7. The Hall–Kier alpha value is -1.13. The van der Waals surface area contributed by atoms with Gasteiger partial charge in [0, 0.05) is 18.8 Å². The first-order valence-electron chi connectivity index (χ1n) is 6.34. The van der Waals surface area contributed by atoms with E-state index in [-0.39, 0.29) is 17.3 Å². The molecule has 0 fully saturated rings. The summed E-state index contributed by atoms with van der Waals surface area (Å²) in [5.41, 5.74) is 1.59. The van der Waals surface area contributed by atoms with Crippen LogP contribution in [0.15, 0.2) is 12.1 Å². The van der Waals surface area contributed by atoms with Gasteiger partial charge in [0.15, 0.2) is 0 Å². The van der Waals surface area contributed by atoms with Crippen LogP contribution in [0.4, 0.5) is 0 Å². The number of aliphatic hydroxyl groups is 1. The van der Waals surface area contributed by atoms with Crippen molar-refractivity contribution in [3.63, 3.8) is 0 Å². The fraction of sp³-hybridized carbons (Fsp3) is 0.643. The number of pyridine rings is 1. The van der Waals surface area contributed by atoms with E-state index in [2.05, 4.69) is 24.1 Å². The van der Waals surface area contributed by atoms with E-state index in [4.69, 9.17) is 0 Å². The molecule has 4 heteroatoms. The van der Waals surface area contributed by atoms with Gasteiger partial charge in [-0.3, -0.25) is 4.98 Å². The van der Waals surface area contributed by atoms with E-state index >= 15 is 0 Å². The van der Waals surface area contributed by atoms with E-state index in [0.29, 0.717) is 12.2 Å². The molecule has 0 spiro atoms. The van der Waals surface area contributed by atoms with Gasteiger partial charge in [-0.15, -0.1) is 0 Å². The molecule has 0 bridgehead atoms. The molecule has 1 atom stereocenters. The van der Waals surface area contributed by atoms with Gasteiger partial charge < -0.3 is 15.5 Å². The maximum atomic E-state index is 9.67. The number of aryl methyl sites for hydroxylation is 1. The van der Waals surface area contributed by atoms with Gasteiger partial charge in [-0.05, 0) is 37.8 Å². The van der Waals surface area contributed by atoms with Crippen molar-refractivity contribution >= 4 is 0 Å². The maximum Gasteiger partial charge on any atom is 0.138 e. The molecule has 0 aliphatic carbocycles. The first-order chi connectivity index (χ1) is 8.30. The van der Waals surface area contributed by atoms with Gasteiger partial charge in [-0.25, -0.2) is 0 Å². The minimum absolute atomic E-state index is 0.0214. The molecule has 4 nitrogen and oxygen atoms in total. The van der Waals surface area contributed by atoms with Crippen LogP contribution in [0.3, 0.4) is 0 Å². The highest BCUT2D eigenvalue weighted by molar-refractivity contribution is 5.27. The molecule has 0 aliphatic rings. The Morgan fingerprint density at radius 2 is 2.06 bits per heavy atom. The van der Waals surface area contributed by atoms with Crippen molar-refractivity contribution < 1.29 is 10.2 Å². The number of hydrogen-bond donors (Lipinski definition) is 3.